The van der Waals surface area contributed by atoms with Gasteiger partial charge in [0, 0.05) is 6.42 Å². The molecule has 0 atom stereocenters. The highest BCUT2D eigenvalue weighted by Gasteiger charge is 2.11. The van der Waals surface area contributed by atoms with E-state index in [-0.39, 0.29) is 5.78 Å². The molecule has 1 nitrogen and oxygen atoms in total. The van der Waals surface area contributed by atoms with E-state index in [0.717, 1.165) is 37.0 Å². The average Bonchev–Trinajstić information content (AvgIpc) is 2.47. The zero-order valence-electron chi connectivity index (χ0n) is 8.80. The second-order valence-corrected chi connectivity index (χ2v) is 3.97. The van der Waals surface area contributed by atoms with E-state index in [1.54, 1.807) is 6.08 Å². The van der Waals surface area contributed by atoms with Crippen LogP contribution in [-0.4, -0.2) is 5.78 Å². The number of ketones is 1. The van der Waals surface area contributed by atoms with Gasteiger partial charge in [0.05, 0.1) is 0 Å². The van der Waals surface area contributed by atoms with Crippen LogP contribution in [0.2, 0.25) is 0 Å². The van der Waals surface area contributed by atoms with Crippen LogP contribution >= 0.6 is 0 Å². The smallest absolute Gasteiger partial charge is 0.159 e. The molecule has 2 rings (SSSR count). The van der Waals surface area contributed by atoms with Crippen molar-refractivity contribution in [3.8, 4) is 0 Å². The Hall–Kier alpha value is -1.51. The highest BCUT2D eigenvalue weighted by atomic mass is 19.2. The third kappa shape index (κ3) is 2.35. The fourth-order valence-electron chi connectivity index (χ4n) is 1.88. The summed E-state index contributed by atoms with van der Waals surface area (Å²) >= 11 is 0. The minimum atomic E-state index is -0.866. The van der Waals surface area contributed by atoms with E-state index in [0.29, 0.717) is 12.0 Å². The molecule has 0 heterocycles. The van der Waals surface area contributed by atoms with E-state index >= 15 is 0 Å². The molecule has 0 N–H and O–H groups in total. The molecule has 0 unspecified atom stereocenters. The minimum absolute atomic E-state index is 0.0669. The van der Waals surface area contributed by atoms with E-state index in [1.807, 2.05) is 0 Å². The molecular formula is C13H12F2O. The Bertz CT molecular complexity index is 449. The van der Waals surface area contributed by atoms with Crippen LogP contribution in [0.4, 0.5) is 8.78 Å². The summed E-state index contributed by atoms with van der Waals surface area (Å²) in [5.41, 5.74) is 1.41. The molecule has 3 heteroatoms. The zero-order chi connectivity index (χ0) is 11.5. The maximum atomic E-state index is 13.0. The van der Waals surface area contributed by atoms with E-state index in [9.17, 15) is 13.6 Å². The standard InChI is InChI=1S/C13H12F2O/c14-12-6-5-10(8-13(12)15)9-3-1-2-4-11(16)7-9/h5-8H,1-4H2. The summed E-state index contributed by atoms with van der Waals surface area (Å²) in [5, 5.41) is 0. The monoisotopic (exact) mass is 222 g/mol. The highest BCUT2D eigenvalue weighted by Crippen LogP contribution is 2.25. The van der Waals surface area contributed by atoms with Crippen molar-refractivity contribution in [3.05, 3.63) is 41.5 Å². The predicted octanol–water partition coefficient (Wildman–Crippen LogP) is 3.49. The van der Waals surface area contributed by atoms with Crippen LogP contribution in [-0.2, 0) is 4.79 Å². The number of benzene rings is 1. The van der Waals surface area contributed by atoms with E-state index < -0.39 is 11.6 Å². The van der Waals surface area contributed by atoms with Gasteiger partial charge in [-0.2, -0.15) is 0 Å². The predicted molar refractivity (Wildman–Crippen MR) is 57.8 cm³/mol. The first kappa shape index (κ1) is 11.0. The van der Waals surface area contributed by atoms with Gasteiger partial charge in [-0.1, -0.05) is 6.07 Å². The van der Waals surface area contributed by atoms with Gasteiger partial charge in [0.2, 0.25) is 0 Å². The second-order valence-electron chi connectivity index (χ2n) is 3.97. The molecule has 1 aliphatic rings. The normalized spacial score (nSPS) is 16.9. The van der Waals surface area contributed by atoms with Crippen molar-refractivity contribution in [3.63, 3.8) is 0 Å². The van der Waals surface area contributed by atoms with Gasteiger partial charge in [0.25, 0.3) is 0 Å². The number of rotatable bonds is 1. The molecular weight excluding hydrogens is 210 g/mol. The maximum absolute atomic E-state index is 13.0. The van der Waals surface area contributed by atoms with Crippen molar-refractivity contribution in [1.82, 2.24) is 0 Å². The van der Waals surface area contributed by atoms with Gasteiger partial charge in [-0.25, -0.2) is 8.78 Å². The second kappa shape index (κ2) is 4.56. The summed E-state index contributed by atoms with van der Waals surface area (Å²) < 4.78 is 25.8. The molecule has 1 aromatic rings. The Balaban J connectivity index is 2.35. The fourth-order valence-corrected chi connectivity index (χ4v) is 1.88. The van der Waals surface area contributed by atoms with Gasteiger partial charge in [0.1, 0.15) is 0 Å². The van der Waals surface area contributed by atoms with Crippen LogP contribution in [0.5, 0.6) is 0 Å². The van der Waals surface area contributed by atoms with Crippen molar-refractivity contribution in [2.75, 3.05) is 0 Å². The molecule has 0 bridgehead atoms. The number of allylic oxidation sites excluding steroid dienone is 2. The van der Waals surface area contributed by atoms with Crippen molar-refractivity contribution < 1.29 is 13.6 Å². The van der Waals surface area contributed by atoms with E-state index in [4.69, 9.17) is 0 Å². The first-order valence-electron chi connectivity index (χ1n) is 5.35. The molecule has 1 aliphatic carbocycles. The highest BCUT2D eigenvalue weighted by molar-refractivity contribution is 5.97. The zero-order valence-corrected chi connectivity index (χ0v) is 8.80. The molecule has 0 saturated heterocycles. The first-order valence-corrected chi connectivity index (χ1v) is 5.35. The first-order chi connectivity index (χ1) is 7.66. The lowest BCUT2D eigenvalue weighted by atomic mass is 10.0. The van der Waals surface area contributed by atoms with Crippen LogP contribution in [0, 0.1) is 11.6 Å². The van der Waals surface area contributed by atoms with Crippen LogP contribution < -0.4 is 0 Å². The quantitative estimate of drug-likeness (QED) is 0.710. The molecule has 0 saturated carbocycles. The molecule has 84 valence electrons. The summed E-state index contributed by atoms with van der Waals surface area (Å²) in [4.78, 5) is 11.4. The Morgan fingerprint density at radius 3 is 2.50 bits per heavy atom. The lowest BCUT2D eigenvalue weighted by molar-refractivity contribution is -0.114. The molecule has 1 aromatic carbocycles. The van der Waals surface area contributed by atoms with Crippen molar-refractivity contribution in [1.29, 1.82) is 0 Å². The Morgan fingerprint density at radius 1 is 1.00 bits per heavy atom. The molecule has 0 aromatic heterocycles. The summed E-state index contributed by atoms with van der Waals surface area (Å²) in [6.07, 6.45) is 4.63. The average molecular weight is 222 g/mol. The van der Waals surface area contributed by atoms with Crippen molar-refractivity contribution in [2.24, 2.45) is 0 Å². The van der Waals surface area contributed by atoms with Crippen LogP contribution in [0.3, 0.4) is 0 Å². The third-order valence-electron chi connectivity index (χ3n) is 2.74. The lowest BCUT2D eigenvalue weighted by Crippen LogP contribution is -1.92. The number of halogens is 2. The minimum Gasteiger partial charge on any atom is -0.295 e. The number of carbonyl (C=O) groups is 1. The third-order valence-corrected chi connectivity index (χ3v) is 2.74. The number of hydrogen-bond donors (Lipinski definition) is 0. The van der Waals surface area contributed by atoms with Gasteiger partial charge in [0.15, 0.2) is 17.4 Å². The largest absolute Gasteiger partial charge is 0.295 e. The molecule has 0 amide bonds. The van der Waals surface area contributed by atoms with Crippen LogP contribution in [0.1, 0.15) is 31.2 Å². The lowest BCUT2D eigenvalue weighted by Gasteiger charge is -2.05. The molecule has 0 aliphatic heterocycles. The summed E-state index contributed by atoms with van der Waals surface area (Å²) in [6.45, 7) is 0. The van der Waals surface area contributed by atoms with Gasteiger partial charge in [-0.15, -0.1) is 0 Å². The Kier molecular flexibility index (Phi) is 3.13. The molecule has 16 heavy (non-hydrogen) atoms. The molecule has 0 spiro atoms. The summed E-state index contributed by atoms with van der Waals surface area (Å²) in [5.74, 6) is -1.66. The van der Waals surface area contributed by atoms with Crippen molar-refractivity contribution >= 4 is 11.4 Å². The van der Waals surface area contributed by atoms with Crippen LogP contribution in [0.25, 0.3) is 5.57 Å². The maximum Gasteiger partial charge on any atom is 0.159 e. The van der Waals surface area contributed by atoms with E-state index in [1.165, 1.54) is 6.07 Å². The molecule has 0 radical (unpaired) electrons. The SMILES string of the molecule is O=C1C=C(c2ccc(F)c(F)c2)CCCC1. The van der Waals surface area contributed by atoms with Gasteiger partial charge in [-0.3, -0.25) is 4.79 Å². The number of hydrogen-bond acceptors (Lipinski definition) is 1. The topological polar surface area (TPSA) is 17.1 Å². The summed E-state index contributed by atoms with van der Waals surface area (Å²) in [6, 6.07) is 3.77. The van der Waals surface area contributed by atoms with Gasteiger partial charge in [-0.05, 0) is 48.6 Å². The molecule has 0 fully saturated rings. The Morgan fingerprint density at radius 2 is 1.75 bits per heavy atom. The fraction of sp³-hybridized carbons (Fsp3) is 0.308. The van der Waals surface area contributed by atoms with E-state index in [2.05, 4.69) is 0 Å². The Labute approximate surface area is 92.8 Å². The number of carbonyl (C=O) groups excluding carboxylic acids is 1. The van der Waals surface area contributed by atoms with Gasteiger partial charge >= 0.3 is 0 Å². The van der Waals surface area contributed by atoms with Crippen LogP contribution in [0.15, 0.2) is 24.3 Å². The summed E-state index contributed by atoms with van der Waals surface area (Å²) in [7, 11) is 0. The van der Waals surface area contributed by atoms with Gasteiger partial charge < -0.3 is 0 Å². The van der Waals surface area contributed by atoms with Crippen molar-refractivity contribution in [2.45, 2.75) is 25.7 Å².